The second-order valence-corrected chi connectivity index (χ2v) is 7.30. The van der Waals surface area contributed by atoms with E-state index in [-0.39, 0.29) is 5.82 Å². The number of aromatic nitrogens is 3. The zero-order chi connectivity index (χ0) is 19.8. The minimum Gasteiger partial charge on any atom is -0.368 e. The minimum absolute atomic E-state index is 0.224. The molecule has 1 aliphatic heterocycles. The van der Waals surface area contributed by atoms with Gasteiger partial charge in [-0.2, -0.15) is 4.98 Å². The summed E-state index contributed by atoms with van der Waals surface area (Å²) in [6, 6.07) is 14.1. The van der Waals surface area contributed by atoms with E-state index in [1.54, 1.807) is 0 Å². The number of benzene rings is 2. The van der Waals surface area contributed by atoms with Crippen molar-refractivity contribution in [1.29, 1.82) is 0 Å². The van der Waals surface area contributed by atoms with Crippen molar-refractivity contribution in [3.8, 4) is 11.3 Å². The molecule has 0 atom stereocenters. The molecule has 0 bridgehead atoms. The highest BCUT2D eigenvalue weighted by Crippen LogP contribution is 2.34. The van der Waals surface area contributed by atoms with Crippen molar-refractivity contribution in [2.24, 2.45) is 0 Å². The molecule has 5 rings (SSSR count). The first-order valence-electron chi connectivity index (χ1n) is 9.31. The molecule has 1 fully saturated rings. The van der Waals surface area contributed by atoms with Gasteiger partial charge < -0.3 is 14.3 Å². The number of piperazine rings is 1. The number of nitrogens with zero attached hydrogens (tertiary/aromatic N) is 5. The predicted molar refractivity (Wildman–Crippen MR) is 111 cm³/mol. The first-order chi connectivity index (χ1) is 14.2. The molecule has 29 heavy (non-hydrogen) atoms. The van der Waals surface area contributed by atoms with E-state index >= 15 is 0 Å². The second kappa shape index (κ2) is 7.33. The van der Waals surface area contributed by atoms with Gasteiger partial charge >= 0.3 is 0 Å². The minimum atomic E-state index is -0.224. The Balaban J connectivity index is 1.44. The van der Waals surface area contributed by atoms with Crippen LogP contribution in [0.2, 0.25) is 5.02 Å². The van der Waals surface area contributed by atoms with Gasteiger partial charge in [-0.1, -0.05) is 28.9 Å². The molecule has 0 unspecified atom stereocenters. The van der Waals surface area contributed by atoms with Crippen LogP contribution in [0.1, 0.15) is 0 Å². The summed E-state index contributed by atoms with van der Waals surface area (Å²) in [5, 5.41) is 5.69. The standard InChI is InChI=1S/C21H17ClFN5O/c22-15-3-1-14(2-4-15)19-18-20(24-13-25-21(18)29-26-19)28-11-9-27(10-12-28)17-7-5-16(23)6-8-17/h1-8,13H,9-12H2. The Labute approximate surface area is 171 Å². The van der Waals surface area contributed by atoms with Crippen molar-refractivity contribution < 1.29 is 8.91 Å². The molecule has 8 heteroatoms. The number of hydrogen-bond donors (Lipinski definition) is 0. The Morgan fingerprint density at radius 1 is 0.862 bits per heavy atom. The van der Waals surface area contributed by atoms with Crippen LogP contribution in [0.4, 0.5) is 15.9 Å². The van der Waals surface area contributed by atoms with Crippen LogP contribution in [0.25, 0.3) is 22.4 Å². The molecule has 0 spiro atoms. The number of hydrogen-bond acceptors (Lipinski definition) is 6. The third-order valence-corrected chi connectivity index (χ3v) is 5.39. The molecule has 0 N–H and O–H groups in total. The van der Waals surface area contributed by atoms with Gasteiger partial charge in [0.25, 0.3) is 5.71 Å². The van der Waals surface area contributed by atoms with Gasteiger partial charge in [0.15, 0.2) is 0 Å². The van der Waals surface area contributed by atoms with Gasteiger partial charge in [-0.25, -0.2) is 9.37 Å². The predicted octanol–water partition coefficient (Wildman–Crippen LogP) is 4.40. The summed E-state index contributed by atoms with van der Waals surface area (Å²) in [4.78, 5) is 13.2. The molecule has 0 radical (unpaired) electrons. The van der Waals surface area contributed by atoms with Crippen LogP contribution in [-0.2, 0) is 0 Å². The van der Waals surface area contributed by atoms with Crippen LogP contribution < -0.4 is 9.80 Å². The van der Waals surface area contributed by atoms with Crippen molar-refractivity contribution >= 4 is 34.2 Å². The molecule has 6 nitrogen and oxygen atoms in total. The van der Waals surface area contributed by atoms with Crippen molar-refractivity contribution in [2.75, 3.05) is 36.0 Å². The normalized spacial score (nSPS) is 14.6. The average Bonchev–Trinajstić information content (AvgIpc) is 3.19. The first-order valence-corrected chi connectivity index (χ1v) is 9.68. The van der Waals surface area contributed by atoms with Crippen LogP contribution in [-0.4, -0.2) is 41.3 Å². The van der Waals surface area contributed by atoms with Crippen molar-refractivity contribution in [1.82, 2.24) is 15.1 Å². The van der Waals surface area contributed by atoms with Crippen LogP contribution in [0.5, 0.6) is 0 Å². The van der Waals surface area contributed by atoms with Gasteiger partial charge in [-0.15, -0.1) is 0 Å². The lowest BCUT2D eigenvalue weighted by Gasteiger charge is -2.36. The Bertz CT molecular complexity index is 1140. The van der Waals surface area contributed by atoms with Crippen LogP contribution in [0.15, 0.2) is 59.4 Å². The van der Waals surface area contributed by atoms with E-state index in [9.17, 15) is 4.39 Å². The summed E-state index contributed by atoms with van der Waals surface area (Å²) >= 11 is 6.01. The molecule has 3 heterocycles. The largest absolute Gasteiger partial charge is 0.368 e. The average molecular weight is 410 g/mol. The maximum Gasteiger partial charge on any atom is 0.263 e. The zero-order valence-electron chi connectivity index (χ0n) is 15.4. The Morgan fingerprint density at radius 3 is 2.28 bits per heavy atom. The lowest BCUT2D eigenvalue weighted by molar-refractivity contribution is 0.451. The topological polar surface area (TPSA) is 58.3 Å². The molecule has 2 aromatic carbocycles. The summed E-state index contributed by atoms with van der Waals surface area (Å²) < 4.78 is 18.7. The smallest absolute Gasteiger partial charge is 0.263 e. The molecule has 1 saturated heterocycles. The highest BCUT2D eigenvalue weighted by molar-refractivity contribution is 6.30. The summed E-state index contributed by atoms with van der Waals surface area (Å²) in [7, 11) is 0. The lowest BCUT2D eigenvalue weighted by atomic mass is 10.1. The molecule has 0 saturated carbocycles. The van der Waals surface area contributed by atoms with Gasteiger partial charge in [-0.05, 0) is 36.4 Å². The summed E-state index contributed by atoms with van der Waals surface area (Å²) in [5.74, 6) is 0.581. The number of anilines is 2. The van der Waals surface area contributed by atoms with Crippen LogP contribution in [0, 0.1) is 5.82 Å². The van der Waals surface area contributed by atoms with E-state index in [1.165, 1.54) is 18.5 Å². The zero-order valence-corrected chi connectivity index (χ0v) is 16.2. The fraction of sp³-hybridized carbons (Fsp3) is 0.190. The number of fused-ring (bicyclic) bond motifs is 1. The molecule has 0 aliphatic carbocycles. The highest BCUT2D eigenvalue weighted by atomic mass is 35.5. The number of halogens is 2. The van der Waals surface area contributed by atoms with E-state index in [1.807, 2.05) is 36.4 Å². The Hall–Kier alpha value is -3.19. The summed E-state index contributed by atoms with van der Waals surface area (Å²) in [6.45, 7) is 3.15. The lowest BCUT2D eigenvalue weighted by Crippen LogP contribution is -2.46. The van der Waals surface area contributed by atoms with E-state index < -0.39 is 0 Å². The molecule has 4 aromatic rings. The quantitative estimate of drug-likeness (QED) is 0.499. The Kier molecular flexibility index (Phi) is 4.52. The summed E-state index contributed by atoms with van der Waals surface area (Å²) in [5.41, 5.74) is 3.08. The van der Waals surface area contributed by atoms with E-state index in [0.29, 0.717) is 16.4 Å². The molecule has 0 amide bonds. The monoisotopic (exact) mass is 409 g/mol. The van der Waals surface area contributed by atoms with Crippen molar-refractivity contribution in [3.05, 3.63) is 65.7 Å². The van der Waals surface area contributed by atoms with Crippen LogP contribution >= 0.6 is 11.6 Å². The molecule has 2 aromatic heterocycles. The Morgan fingerprint density at radius 2 is 1.55 bits per heavy atom. The van der Waals surface area contributed by atoms with E-state index in [0.717, 1.165) is 48.6 Å². The van der Waals surface area contributed by atoms with Gasteiger partial charge in [0.1, 0.15) is 29.0 Å². The van der Waals surface area contributed by atoms with E-state index in [2.05, 4.69) is 24.9 Å². The van der Waals surface area contributed by atoms with Gasteiger partial charge in [0.05, 0.1) is 0 Å². The first kappa shape index (κ1) is 17.9. The SMILES string of the molecule is Fc1ccc(N2CCN(c3ncnc4onc(-c5ccc(Cl)cc5)c34)CC2)cc1. The van der Waals surface area contributed by atoms with E-state index in [4.69, 9.17) is 16.1 Å². The van der Waals surface area contributed by atoms with Crippen molar-refractivity contribution in [2.45, 2.75) is 0 Å². The van der Waals surface area contributed by atoms with Gasteiger partial charge in [0, 0.05) is 42.5 Å². The molecule has 1 aliphatic rings. The maximum absolute atomic E-state index is 13.2. The fourth-order valence-electron chi connectivity index (χ4n) is 3.64. The fourth-order valence-corrected chi connectivity index (χ4v) is 3.77. The van der Waals surface area contributed by atoms with Gasteiger partial charge in [0.2, 0.25) is 0 Å². The third-order valence-electron chi connectivity index (χ3n) is 5.14. The van der Waals surface area contributed by atoms with Gasteiger partial charge in [-0.3, -0.25) is 0 Å². The molecule has 146 valence electrons. The highest BCUT2D eigenvalue weighted by Gasteiger charge is 2.24. The maximum atomic E-state index is 13.2. The second-order valence-electron chi connectivity index (χ2n) is 6.87. The molecular formula is C21H17ClFN5O. The molecular weight excluding hydrogens is 393 g/mol. The van der Waals surface area contributed by atoms with Crippen LogP contribution in [0.3, 0.4) is 0 Å². The van der Waals surface area contributed by atoms with Crippen molar-refractivity contribution in [3.63, 3.8) is 0 Å². The third kappa shape index (κ3) is 3.38. The summed E-state index contributed by atoms with van der Waals surface area (Å²) in [6.07, 6.45) is 1.50. The number of rotatable bonds is 3.